The number of aromatic nitrogens is 1. The van der Waals surface area contributed by atoms with Crippen molar-refractivity contribution in [2.24, 2.45) is 0 Å². The Labute approximate surface area is 121 Å². The first-order chi connectivity index (χ1) is 9.22. The van der Waals surface area contributed by atoms with E-state index in [4.69, 9.17) is 4.74 Å². The molecule has 1 aromatic carbocycles. The van der Waals surface area contributed by atoms with Gasteiger partial charge in [0.2, 0.25) is 0 Å². The number of benzene rings is 1. The largest absolute Gasteiger partial charge is 0.488 e. The Morgan fingerprint density at radius 2 is 2.21 bits per heavy atom. The summed E-state index contributed by atoms with van der Waals surface area (Å²) < 4.78 is 6.48. The number of pyridine rings is 1. The monoisotopic (exact) mass is 318 g/mol. The number of ether oxygens (including phenoxy) is 1. The van der Waals surface area contributed by atoms with Crippen molar-refractivity contribution in [1.29, 1.82) is 0 Å². The van der Waals surface area contributed by atoms with E-state index in [2.05, 4.69) is 57.0 Å². The molecule has 3 nitrogen and oxygen atoms in total. The van der Waals surface area contributed by atoms with Crippen LogP contribution in [0.15, 0.2) is 41.0 Å². The smallest absolute Gasteiger partial charge is 0.172 e. The Bertz CT molecular complexity index is 600. The van der Waals surface area contributed by atoms with Gasteiger partial charge in [0.05, 0.1) is 6.54 Å². The van der Waals surface area contributed by atoms with Crippen LogP contribution in [0.3, 0.4) is 0 Å². The summed E-state index contributed by atoms with van der Waals surface area (Å²) in [5.74, 6) is 1.78. The maximum absolute atomic E-state index is 5.65. The number of hydrogen-bond acceptors (Lipinski definition) is 3. The zero-order valence-electron chi connectivity index (χ0n) is 10.8. The van der Waals surface area contributed by atoms with Gasteiger partial charge in [-0.25, -0.2) is 4.98 Å². The van der Waals surface area contributed by atoms with Crippen molar-refractivity contribution in [2.75, 3.05) is 18.1 Å². The van der Waals surface area contributed by atoms with Crippen LogP contribution in [0.25, 0.3) is 0 Å². The van der Waals surface area contributed by atoms with Gasteiger partial charge in [0.1, 0.15) is 11.2 Å². The summed E-state index contributed by atoms with van der Waals surface area (Å²) in [6.45, 7) is 4.56. The van der Waals surface area contributed by atoms with Crippen molar-refractivity contribution < 1.29 is 4.74 Å². The zero-order valence-corrected chi connectivity index (χ0v) is 12.4. The van der Waals surface area contributed by atoms with Crippen molar-refractivity contribution >= 4 is 21.7 Å². The van der Waals surface area contributed by atoms with E-state index in [1.807, 2.05) is 12.1 Å². The van der Waals surface area contributed by atoms with Crippen LogP contribution in [0.2, 0.25) is 0 Å². The first-order valence-corrected chi connectivity index (χ1v) is 7.11. The van der Waals surface area contributed by atoms with Crippen LogP contribution >= 0.6 is 15.9 Å². The summed E-state index contributed by atoms with van der Waals surface area (Å²) in [6.07, 6.45) is 0. The van der Waals surface area contributed by atoms with Crippen molar-refractivity contribution in [1.82, 2.24) is 4.98 Å². The standard InChI is InChI=1S/C15H15BrN2O/c1-11-3-2-4-12(9-11)10-18-7-8-19-13-5-6-14(16)17-15(13)18/h2-6,9H,7-8,10H2,1H3. The lowest BCUT2D eigenvalue weighted by molar-refractivity contribution is 0.304. The molecule has 2 heterocycles. The van der Waals surface area contributed by atoms with Crippen LogP contribution < -0.4 is 9.64 Å². The molecule has 0 radical (unpaired) electrons. The summed E-state index contributed by atoms with van der Waals surface area (Å²) >= 11 is 3.42. The summed E-state index contributed by atoms with van der Waals surface area (Å²) in [6, 6.07) is 12.5. The van der Waals surface area contributed by atoms with E-state index in [0.29, 0.717) is 6.61 Å². The van der Waals surface area contributed by atoms with Crippen LogP contribution in [0.4, 0.5) is 5.82 Å². The third kappa shape index (κ3) is 2.73. The van der Waals surface area contributed by atoms with Crippen molar-refractivity contribution in [3.8, 4) is 5.75 Å². The highest BCUT2D eigenvalue weighted by atomic mass is 79.9. The molecule has 98 valence electrons. The number of anilines is 1. The predicted octanol–water partition coefficient (Wildman–Crippen LogP) is 3.55. The fraction of sp³-hybridized carbons (Fsp3) is 0.267. The SMILES string of the molecule is Cc1cccc(CN2CCOc3ccc(Br)nc32)c1. The summed E-state index contributed by atoms with van der Waals surface area (Å²) in [5.41, 5.74) is 2.59. The predicted molar refractivity (Wildman–Crippen MR) is 79.7 cm³/mol. The van der Waals surface area contributed by atoms with Gasteiger partial charge < -0.3 is 9.64 Å². The molecule has 0 spiro atoms. The van der Waals surface area contributed by atoms with Gasteiger partial charge in [-0.05, 0) is 40.5 Å². The van der Waals surface area contributed by atoms with Crippen LogP contribution in [0, 0.1) is 6.92 Å². The molecule has 0 saturated carbocycles. The average molecular weight is 319 g/mol. The van der Waals surface area contributed by atoms with E-state index >= 15 is 0 Å². The number of fused-ring (bicyclic) bond motifs is 1. The Morgan fingerprint density at radius 3 is 3.05 bits per heavy atom. The van der Waals surface area contributed by atoms with Gasteiger partial charge in [-0.1, -0.05) is 29.8 Å². The topological polar surface area (TPSA) is 25.4 Å². The van der Waals surface area contributed by atoms with Crippen molar-refractivity contribution in [2.45, 2.75) is 13.5 Å². The summed E-state index contributed by atoms with van der Waals surface area (Å²) in [7, 11) is 0. The van der Waals surface area contributed by atoms with Gasteiger partial charge in [-0.2, -0.15) is 0 Å². The van der Waals surface area contributed by atoms with Gasteiger partial charge >= 0.3 is 0 Å². The van der Waals surface area contributed by atoms with Crippen LogP contribution in [0.5, 0.6) is 5.75 Å². The van der Waals surface area contributed by atoms with E-state index in [1.54, 1.807) is 0 Å². The average Bonchev–Trinajstić information content (AvgIpc) is 2.39. The van der Waals surface area contributed by atoms with Gasteiger partial charge in [0.25, 0.3) is 0 Å². The number of nitrogens with zero attached hydrogens (tertiary/aromatic N) is 2. The second-order valence-corrected chi connectivity index (χ2v) is 5.53. The first kappa shape index (κ1) is 12.5. The van der Waals surface area contributed by atoms with Crippen molar-refractivity contribution in [3.63, 3.8) is 0 Å². The minimum Gasteiger partial charge on any atom is -0.488 e. The molecule has 0 amide bonds. The van der Waals surface area contributed by atoms with Gasteiger partial charge in [-0.3, -0.25) is 0 Å². The first-order valence-electron chi connectivity index (χ1n) is 6.32. The number of aryl methyl sites for hydroxylation is 1. The normalized spacial score (nSPS) is 13.9. The molecule has 3 rings (SSSR count). The highest BCUT2D eigenvalue weighted by Crippen LogP contribution is 2.31. The Morgan fingerprint density at radius 1 is 1.32 bits per heavy atom. The van der Waals surface area contributed by atoms with E-state index in [-0.39, 0.29) is 0 Å². The van der Waals surface area contributed by atoms with E-state index in [0.717, 1.165) is 29.3 Å². The quantitative estimate of drug-likeness (QED) is 0.792. The molecule has 19 heavy (non-hydrogen) atoms. The van der Waals surface area contributed by atoms with Crippen LogP contribution in [0.1, 0.15) is 11.1 Å². The molecule has 0 bridgehead atoms. The van der Waals surface area contributed by atoms with E-state index in [9.17, 15) is 0 Å². The number of hydrogen-bond donors (Lipinski definition) is 0. The minimum absolute atomic E-state index is 0.710. The molecule has 0 N–H and O–H groups in total. The number of rotatable bonds is 2. The highest BCUT2D eigenvalue weighted by molar-refractivity contribution is 9.10. The van der Waals surface area contributed by atoms with Gasteiger partial charge in [0, 0.05) is 6.54 Å². The van der Waals surface area contributed by atoms with Gasteiger partial charge in [-0.15, -0.1) is 0 Å². The van der Waals surface area contributed by atoms with E-state index < -0.39 is 0 Å². The molecule has 1 aliphatic rings. The molecular weight excluding hydrogens is 304 g/mol. The second kappa shape index (κ2) is 5.21. The van der Waals surface area contributed by atoms with E-state index in [1.165, 1.54) is 11.1 Å². The van der Waals surface area contributed by atoms with Gasteiger partial charge in [0.15, 0.2) is 11.6 Å². The molecule has 0 saturated heterocycles. The third-order valence-corrected chi connectivity index (χ3v) is 3.62. The molecule has 2 aromatic rings. The summed E-state index contributed by atoms with van der Waals surface area (Å²) in [4.78, 5) is 6.79. The molecule has 0 aliphatic carbocycles. The lowest BCUT2D eigenvalue weighted by atomic mass is 10.1. The maximum Gasteiger partial charge on any atom is 0.172 e. The molecule has 4 heteroatoms. The lowest BCUT2D eigenvalue weighted by Crippen LogP contribution is -2.33. The Hall–Kier alpha value is -1.55. The van der Waals surface area contributed by atoms with Crippen LogP contribution in [-0.2, 0) is 6.54 Å². The molecule has 0 fully saturated rings. The lowest BCUT2D eigenvalue weighted by Gasteiger charge is -2.30. The molecule has 0 atom stereocenters. The Kier molecular flexibility index (Phi) is 3.42. The molecule has 0 unspecified atom stereocenters. The Balaban J connectivity index is 1.89. The van der Waals surface area contributed by atoms with Crippen LogP contribution in [-0.4, -0.2) is 18.1 Å². The molecular formula is C15H15BrN2O. The molecule has 1 aliphatic heterocycles. The fourth-order valence-corrected chi connectivity index (χ4v) is 2.61. The maximum atomic E-state index is 5.65. The zero-order chi connectivity index (χ0) is 13.2. The molecule has 1 aromatic heterocycles. The second-order valence-electron chi connectivity index (χ2n) is 4.71. The van der Waals surface area contributed by atoms with Crippen molar-refractivity contribution in [3.05, 3.63) is 52.1 Å². The minimum atomic E-state index is 0.710. The number of halogens is 1. The third-order valence-electron chi connectivity index (χ3n) is 3.18. The fourth-order valence-electron chi connectivity index (χ4n) is 2.31. The summed E-state index contributed by atoms with van der Waals surface area (Å²) in [5, 5.41) is 0. The highest BCUT2D eigenvalue weighted by Gasteiger charge is 2.19.